The summed E-state index contributed by atoms with van der Waals surface area (Å²) in [7, 11) is 1.54. The molecule has 1 saturated heterocycles. The molecule has 1 aliphatic rings. The lowest BCUT2D eigenvalue weighted by Gasteiger charge is -2.26. The van der Waals surface area contributed by atoms with Crippen molar-refractivity contribution in [3.05, 3.63) is 63.0 Å². The maximum absolute atomic E-state index is 13.4. The summed E-state index contributed by atoms with van der Waals surface area (Å²) in [6.07, 6.45) is 1.37. The number of methoxy groups -OCH3 is 1. The molecule has 0 bridgehead atoms. The van der Waals surface area contributed by atoms with E-state index in [0.29, 0.717) is 11.3 Å². The third-order valence-electron chi connectivity index (χ3n) is 3.65. The van der Waals surface area contributed by atoms with Crippen LogP contribution >= 0.6 is 22.6 Å². The molecule has 0 saturated carbocycles. The van der Waals surface area contributed by atoms with Crippen LogP contribution in [0.1, 0.15) is 5.56 Å². The van der Waals surface area contributed by atoms with Crippen LogP contribution in [-0.2, 0) is 9.59 Å². The Morgan fingerprint density at radius 3 is 2.58 bits per heavy atom. The third-order valence-corrected chi connectivity index (χ3v) is 4.50. The van der Waals surface area contributed by atoms with Gasteiger partial charge in [-0.15, -0.1) is 0 Å². The van der Waals surface area contributed by atoms with Crippen molar-refractivity contribution < 1.29 is 23.5 Å². The molecule has 0 aliphatic carbocycles. The number of ether oxygens (including phenoxy) is 1. The monoisotopic (exact) mass is 466 g/mol. The average Bonchev–Trinajstić information content (AvgIpc) is 2.58. The van der Waals surface area contributed by atoms with Gasteiger partial charge in [0.2, 0.25) is 0 Å². The molecule has 26 heavy (non-hydrogen) atoms. The molecule has 0 atom stereocenters. The molecule has 0 aromatic heterocycles. The van der Waals surface area contributed by atoms with Crippen molar-refractivity contribution in [3.8, 4) is 5.75 Å². The highest BCUT2D eigenvalue weighted by molar-refractivity contribution is 14.1. The van der Waals surface area contributed by atoms with Crippen LogP contribution in [0, 0.1) is 9.39 Å². The van der Waals surface area contributed by atoms with Crippen molar-refractivity contribution >= 4 is 52.2 Å². The average molecular weight is 466 g/mol. The molecular formula is C18H12FIN2O4. The van der Waals surface area contributed by atoms with Gasteiger partial charge in [-0.25, -0.2) is 14.1 Å². The highest BCUT2D eigenvalue weighted by Gasteiger charge is 2.36. The summed E-state index contributed by atoms with van der Waals surface area (Å²) in [6, 6.07) is 9.20. The fraction of sp³-hybridized carbons (Fsp3) is 0.0556. The Hall–Kier alpha value is -2.75. The van der Waals surface area contributed by atoms with E-state index in [1.165, 1.54) is 31.4 Å². The van der Waals surface area contributed by atoms with Crippen LogP contribution in [0.25, 0.3) is 6.08 Å². The number of nitrogens with zero attached hydrogens (tertiary/aromatic N) is 1. The zero-order chi connectivity index (χ0) is 18.8. The van der Waals surface area contributed by atoms with Gasteiger partial charge in [0, 0.05) is 0 Å². The molecular weight excluding hydrogens is 454 g/mol. The number of hydrogen-bond acceptors (Lipinski definition) is 4. The fourth-order valence-corrected chi connectivity index (χ4v) is 3.21. The molecule has 132 valence electrons. The van der Waals surface area contributed by atoms with Crippen LogP contribution in [0.5, 0.6) is 5.75 Å². The Morgan fingerprint density at radius 2 is 1.92 bits per heavy atom. The van der Waals surface area contributed by atoms with Crippen molar-refractivity contribution in [1.82, 2.24) is 5.32 Å². The summed E-state index contributed by atoms with van der Waals surface area (Å²) in [4.78, 5) is 37.6. The number of barbiturate groups is 1. The number of carbonyl (C=O) groups excluding carboxylic acids is 3. The largest absolute Gasteiger partial charge is 0.496 e. The highest BCUT2D eigenvalue weighted by Crippen LogP contribution is 2.25. The number of hydrogen-bond donors (Lipinski definition) is 1. The molecule has 2 aromatic carbocycles. The maximum atomic E-state index is 13.4. The molecule has 1 N–H and O–H groups in total. The summed E-state index contributed by atoms with van der Waals surface area (Å²) in [5, 5.41) is 2.10. The second-order valence-corrected chi connectivity index (χ2v) is 6.49. The van der Waals surface area contributed by atoms with Crippen LogP contribution in [0.15, 0.2) is 48.0 Å². The van der Waals surface area contributed by atoms with Gasteiger partial charge in [-0.2, -0.15) is 0 Å². The third kappa shape index (κ3) is 3.45. The first-order chi connectivity index (χ1) is 12.4. The number of urea groups is 1. The minimum atomic E-state index is -0.924. The van der Waals surface area contributed by atoms with Crippen LogP contribution in [0.4, 0.5) is 14.9 Å². The van der Waals surface area contributed by atoms with Crippen molar-refractivity contribution in [2.45, 2.75) is 0 Å². The van der Waals surface area contributed by atoms with E-state index in [1.807, 2.05) is 0 Å². The predicted molar refractivity (Wildman–Crippen MR) is 101 cm³/mol. The molecule has 8 heteroatoms. The van der Waals surface area contributed by atoms with Crippen LogP contribution < -0.4 is 15.0 Å². The quantitative estimate of drug-likeness (QED) is 0.429. The Balaban J connectivity index is 2.01. The Labute approximate surface area is 161 Å². The molecule has 3 rings (SSSR count). The van der Waals surface area contributed by atoms with Gasteiger partial charge in [0.1, 0.15) is 17.1 Å². The second-order valence-electron chi connectivity index (χ2n) is 5.33. The molecule has 1 aliphatic heterocycles. The summed E-state index contributed by atoms with van der Waals surface area (Å²) in [5.41, 5.74) is 0.396. The smallest absolute Gasteiger partial charge is 0.335 e. The van der Waals surface area contributed by atoms with Gasteiger partial charge in [0.05, 0.1) is 16.4 Å². The minimum absolute atomic E-state index is 0.0372. The standard InChI is InChI=1S/C18H12FIN2O4/c1-26-15-6-5-10(8-14(15)20)7-13-16(23)21-18(25)22(17(13)24)12-4-2-3-11(19)9-12/h2-9H,1H3,(H,21,23,25)/b13-7+. The van der Waals surface area contributed by atoms with Gasteiger partial charge in [-0.1, -0.05) is 12.1 Å². The zero-order valence-corrected chi connectivity index (χ0v) is 15.6. The summed E-state index contributed by atoms with van der Waals surface area (Å²) < 4.78 is 19.4. The number of imide groups is 2. The molecule has 1 fully saturated rings. The molecule has 2 aromatic rings. The summed E-state index contributed by atoms with van der Waals surface area (Å²) in [6.45, 7) is 0. The lowest BCUT2D eigenvalue weighted by atomic mass is 10.1. The number of nitrogens with one attached hydrogen (secondary N) is 1. The van der Waals surface area contributed by atoms with E-state index in [0.717, 1.165) is 14.5 Å². The number of benzene rings is 2. The van der Waals surface area contributed by atoms with Gasteiger partial charge in [-0.3, -0.25) is 14.9 Å². The van der Waals surface area contributed by atoms with Gasteiger partial charge >= 0.3 is 6.03 Å². The summed E-state index contributed by atoms with van der Waals surface area (Å²) >= 11 is 2.07. The van der Waals surface area contributed by atoms with Crippen molar-refractivity contribution in [2.75, 3.05) is 12.0 Å². The van der Waals surface area contributed by atoms with Crippen LogP contribution in [0.2, 0.25) is 0 Å². The lowest BCUT2D eigenvalue weighted by Crippen LogP contribution is -2.54. The van der Waals surface area contributed by atoms with Gasteiger partial charge in [0.25, 0.3) is 11.8 Å². The van der Waals surface area contributed by atoms with E-state index in [4.69, 9.17) is 4.74 Å². The number of amides is 4. The highest BCUT2D eigenvalue weighted by atomic mass is 127. The van der Waals surface area contributed by atoms with Crippen molar-refractivity contribution in [3.63, 3.8) is 0 Å². The van der Waals surface area contributed by atoms with Crippen molar-refractivity contribution in [2.24, 2.45) is 0 Å². The molecule has 6 nitrogen and oxygen atoms in total. The maximum Gasteiger partial charge on any atom is 0.335 e. The first-order valence-corrected chi connectivity index (χ1v) is 8.49. The number of carbonyl (C=O) groups is 3. The zero-order valence-electron chi connectivity index (χ0n) is 13.5. The SMILES string of the molecule is COc1ccc(/C=C2\C(=O)NC(=O)N(c3cccc(F)c3)C2=O)cc1I. The Bertz CT molecular complexity index is 958. The van der Waals surface area contributed by atoms with Crippen molar-refractivity contribution in [1.29, 1.82) is 0 Å². The van der Waals surface area contributed by atoms with E-state index >= 15 is 0 Å². The number of halogens is 2. The fourth-order valence-electron chi connectivity index (χ4n) is 2.45. The van der Waals surface area contributed by atoms with E-state index in [1.54, 1.807) is 18.2 Å². The summed E-state index contributed by atoms with van der Waals surface area (Å²) in [5.74, 6) is -1.58. The number of anilines is 1. The Kier molecular flexibility index (Phi) is 5.03. The molecule has 4 amide bonds. The normalized spacial score (nSPS) is 16.0. The second kappa shape index (κ2) is 7.24. The molecule has 1 heterocycles. The first-order valence-electron chi connectivity index (χ1n) is 7.41. The predicted octanol–water partition coefficient (Wildman–Crippen LogP) is 3.11. The first kappa shape index (κ1) is 18.1. The lowest BCUT2D eigenvalue weighted by molar-refractivity contribution is -0.122. The van der Waals surface area contributed by atoms with Gasteiger partial charge in [0.15, 0.2) is 0 Å². The number of rotatable bonds is 3. The minimum Gasteiger partial charge on any atom is -0.496 e. The van der Waals surface area contributed by atoms with Gasteiger partial charge < -0.3 is 4.74 Å². The van der Waals surface area contributed by atoms with E-state index < -0.39 is 23.7 Å². The topological polar surface area (TPSA) is 75.7 Å². The van der Waals surface area contributed by atoms with E-state index in [-0.39, 0.29) is 11.3 Å². The Morgan fingerprint density at radius 1 is 1.15 bits per heavy atom. The molecule has 0 spiro atoms. The van der Waals surface area contributed by atoms with Crippen LogP contribution in [-0.4, -0.2) is 25.0 Å². The van der Waals surface area contributed by atoms with E-state index in [2.05, 4.69) is 27.9 Å². The van der Waals surface area contributed by atoms with E-state index in [9.17, 15) is 18.8 Å². The van der Waals surface area contributed by atoms with Crippen LogP contribution in [0.3, 0.4) is 0 Å². The van der Waals surface area contributed by atoms with Gasteiger partial charge in [-0.05, 0) is 64.6 Å². The molecule has 0 radical (unpaired) electrons. The molecule has 0 unspecified atom stereocenters.